The van der Waals surface area contributed by atoms with Gasteiger partial charge in [-0.1, -0.05) is 50.1 Å². The molecule has 0 saturated heterocycles. The third-order valence-electron chi connectivity index (χ3n) is 6.71. The highest BCUT2D eigenvalue weighted by atomic mass is 16.5. The van der Waals surface area contributed by atoms with Crippen molar-refractivity contribution in [3.05, 3.63) is 47.5 Å². The number of carbonyl (C=O) groups excluding carboxylic acids is 1. The lowest BCUT2D eigenvalue weighted by molar-refractivity contribution is -0.135. The van der Waals surface area contributed by atoms with Crippen LogP contribution in [0.25, 0.3) is 0 Å². The molecular weight excluding hydrogens is 390 g/mol. The van der Waals surface area contributed by atoms with Crippen LogP contribution in [-0.4, -0.2) is 51.8 Å². The maximum absolute atomic E-state index is 13.3. The van der Waals surface area contributed by atoms with E-state index in [0.717, 1.165) is 50.5 Å². The van der Waals surface area contributed by atoms with E-state index >= 15 is 0 Å². The van der Waals surface area contributed by atoms with E-state index in [4.69, 9.17) is 4.74 Å². The zero-order chi connectivity index (χ0) is 21.7. The number of rotatable bonds is 9. The Morgan fingerprint density at radius 2 is 2.03 bits per heavy atom. The summed E-state index contributed by atoms with van der Waals surface area (Å²) in [5.41, 5.74) is 0.531. The summed E-state index contributed by atoms with van der Waals surface area (Å²) in [6.07, 6.45) is 5.62. The van der Waals surface area contributed by atoms with Crippen LogP contribution in [0.2, 0.25) is 0 Å². The molecule has 0 bridgehead atoms. The zero-order valence-electron chi connectivity index (χ0n) is 18.8. The minimum Gasteiger partial charge on any atom is -0.370 e. The van der Waals surface area contributed by atoms with Gasteiger partial charge in [0.05, 0.1) is 6.61 Å². The monoisotopic (exact) mass is 425 g/mol. The number of aromatic nitrogens is 3. The van der Waals surface area contributed by atoms with Gasteiger partial charge in [-0.25, -0.2) is 0 Å². The second-order valence-electron chi connectivity index (χ2n) is 9.02. The molecule has 31 heavy (non-hydrogen) atoms. The Balaban J connectivity index is 1.34. The fourth-order valence-electron chi connectivity index (χ4n) is 4.87. The molecular formula is C24H35N5O2. The van der Waals surface area contributed by atoms with Crippen molar-refractivity contribution in [2.24, 2.45) is 0 Å². The van der Waals surface area contributed by atoms with Gasteiger partial charge in [0, 0.05) is 25.6 Å². The number of amides is 1. The molecule has 1 aromatic heterocycles. The summed E-state index contributed by atoms with van der Waals surface area (Å²) in [6, 6.07) is 10.5. The van der Waals surface area contributed by atoms with Crippen molar-refractivity contribution in [2.75, 3.05) is 26.2 Å². The smallest absolute Gasteiger partial charge is 0.248 e. The summed E-state index contributed by atoms with van der Waals surface area (Å²) in [7, 11) is 0. The number of nitrogens with one attached hydrogen (secondary N) is 1. The molecule has 1 aliphatic heterocycles. The molecule has 7 nitrogen and oxygen atoms in total. The third kappa shape index (κ3) is 4.83. The van der Waals surface area contributed by atoms with E-state index in [2.05, 4.69) is 56.2 Å². The summed E-state index contributed by atoms with van der Waals surface area (Å²) < 4.78 is 7.82. The first kappa shape index (κ1) is 22.0. The van der Waals surface area contributed by atoms with E-state index in [1.807, 2.05) is 13.0 Å². The molecule has 4 rings (SSSR count). The molecule has 0 radical (unpaired) electrons. The Hall–Kier alpha value is -2.25. The third-order valence-corrected chi connectivity index (χ3v) is 6.71. The Kier molecular flexibility index (Phi) is 7.02. The second kappa shape index (κ2) is 9.92. The highest BCUT2D eigenvalue weighted by Crippen LogP contribution is 2.37. The van der Waals surface area contributed by atoms with Crippen LogP contribution in [0.3, 0.4) is 0 Å². The summed E-state index contributed by atoms with van der Waals surface area (Å²) in [4.78, 5) is 15.7. The van der Waals surface area contributed by atoms with Gasteiger partial charge in [0.1, 0.15) is 18.0 Å². The minimum absolute atomic E-state index is 0.00129. The number of hydrogen-bond acceptors (Lipinski definition) is 5. The van der Waals surface area contributed by atoms with Crippen molar-refractivity contribution in [3.8, 4) is 0 Å². The molecule has 2 heterocycles. The van der Waals surface area contributed by atoms with Crippen LogP contribution in [0.5, 0.6) is 0 Å². The summed E-state index contributed by atoms with van der Waals surface area (Å²) in [5.74, 6) is 2.14. The molecule has 168 valence electrons. The molecule has 1 saturated carbocycles. The fourth-order valence-corrected chi connectivity index (χ4v) is 4.87. The largest absolute Gasteiger partial charge is 0.370 e. The van der Waals surface area contributed by atoms with E-state index in [9.17, 15) is 4.79 Å². The number of carbonyl (C=O) groups is 1. The predicted molar refractivity (Wildman–Crippen MR) is 120 cm³/mol. The first-order valence-electron chi connectivity index (χ1n) is 11.7. The van der Waals surface area contributed by atoms with Crippen molar-refractivity contribution < 1.29 is 9.53 Å². The van der Waals surface area contributed by atoms with E-state index in [1.54, 1.807) is 0 Å². The van der Waals surface area contributed by atoms with Crippen LogP contribution in [0.4, 0.5) is 0 Å². The molecule has 1 amide bonds. The van der Waals surface area contributed by atoms with Crippen LogP contribution in [0.15, 0.2) is 30.3 Å². The van der Waals surface area contributed by atoms with Crippen LogP contribution in [0.1, 0.15) is 69.1 Å². The summed E-state index contributed by atoms with van der Waals surface area (Å²) >= 11 is 0. The van der Waals surface area contributed by atoms with Gasteiger partial charge < -0.3 is 10.1 Å². The molecule has 7 heteroatoms. The van der Waals surface area contributed by atoms with Crippen LogP contribution in [-0.2, 0) is 28.2 Å². The molecule has 2 aliphatic rings. The van der Waals surface area contributed by atoms with Gasteiger partial charge in [0.2, 0.25) is 5.91 Å². The molecule has 1 unspecified atom stereocenters. The molecule has 1 aliphatic carbocycles. The summed E-state index contributed by atoms with van der Waals surface area (Å²) in [5, 5.41) is 12.0. The molecule has 1 atom stereocenters. The van der Waals surface area contributed by atoms with Crippen molar-refractivity contribution in [1.82, 2.24) is 25.0 Å². The Bertz CT molecular complexity index is 862. The van der Waals surface area contributed by atoms with Crippen molar-refractivity contribution in [3.63, 3.8) is 0 Å². The lowest BCUT2D eigenvalue weighted by Crippen LogP contribution is -2.53. The number of fused-ring (bicyclic) bond motifs is 1. The van der Waals surface area contributed by atoms with Gasteiger partial charge in [-0.15, -0.1) is 10.2 Å². The van der Waals surface area contributed by atoms with Gasteiger partial charge in [-0.2, -0.15) is 0 Å². The number of ether oxygens (including phenoxy) is 1. The molecule has 1 fully saturated rings. The van der Waals surface area contributed by atoms with Crippen molar-refractivity contribution in [1.29, 1.82) is 0 Å². The maximum Gasteiger partial charge on any atom is 0.248 e. The quantitative estimate of drug-likeness (QED) is 0.625. The van der Waals surface area contributed by atoms with Crippen LogP contribution < -0.4 is 5.32 Å². The highest BCUT2D eigenvalue weighted by molar-refractivity contribution is 5.84. The molecule has 1 aromatic carbocycles. The first-order chi connectivity index (χ1) is 15.1. The van der Waals surface area contributed by atoms with E-state index in [0.29, 0.717) is 25.7 Å². The highest BCUT2D eigenvalue weighted by Gasteiger charge is 2.43. The average Bonchev–Trinajstić information content (AvgIpc) is 3.47. The standard InChI is InChI=1S/C24H35N5O2/c1-3-28(16-19-10-5-4-6-11-19)15-9-14-25-23(30)24(2)18-31-17-21-26-27-22(29(21)24)20-12-7-8-13-20/h4-6,10-11,20H,3,7-9,12-18H2,1-2H3,(H,25,30). The van der Waals surface area contributed by atoms with Crippen LogP contribution in [0, 0.1) is 0 Å². The number of hydrogen-bond donors (Lipinski definition) is 1. The Labute approximate surface area is 185 Å². The second-order valence-corrected chi connectivity index (χ2v) is 9.02. The fraction of sp³-hybridized carbons (Fsp3) is 0.625. The Morgan fingerprint density at radius 3 is 2.77 bits per heavy atom. The minimum atomic E-state index is -0.788. The van der Waals surface area contributed by atoms with Gasteiger partial charge in [-0.3, -0.25) is 14.3 Å². The van der Waals surface area contributed by atoms with Crippen molar-refractivity contribution >= 4 is 5.91 Å². The van der Waals surface area contributed by atoms with E-state index in [1.165, 1.54) is 18.4 Å². The lowest BCUT2D eigenvalue weighted by Gasteiger charge is -2.36. The average molecular weight is 426 g/mol. The molecule has 0 spiro atoms. The SMILES string of the molecule is CCN(CCCNC(=O)C1(C)COCc2nnc(C3CCCC3)n21)Cc1ccccc1. The molecule has 1 N–H and O–H groups in total. The maximum atomic E-state index is 13.3. The van der Waals surface area contributed by atoms with Crippen molar-refractivity contribution in [2.45, 2.75) is 70.6 Å². The number of nitrogens with zero attached hydrogens (tertiary/aromatic N) is 4. The molecule has 2 aromatic rings. The topological polar surface area (TPSA) is 72.3 Å². The lowest BCUT2D eigenvalue weighted by atomic mass is 9.97. The Morgan fingerprint density at radius 1 is 1.26 bits per heavy atom. The predicted octanol–water partition coefficient (Wildman–Crippen LogP) is 3.21. The van der Waals surface area contributed by atoms with Gasteiger partial charge in [0.15, 0.2) is 5.82 Å². The summed E-state index contributed by atoms with van der Waals surface area (Å²) in [6.45, 7) is 8.45. The van der Waals surface area contributed by atoms with Gasteiger partial charge in [-0.05, 0) is 38.3 Å². The van der Waals surface area contributed by atoms with E-state index < -0.39 is 5.54 Å². The zero-order valence-corrected chi connectivity index (χ0v) is 18.8. The van der Waals surface area contributed by atoms with Crippen LogP contribution >= 0.6 is 0 Å². The normalized spacial score (nSPS) is 21.4. The first-order valence-corrected chi connectivity index (χ1v) is 11.7. The van der Waals surface area contributed by atoms with Gasteiger partial charge in [0.25, 0.3) is 0 Å². The van der Waals surface area contributed by atoms with Gasteiger partial charge >= 0.3 is 0 Å². The van der Waals surface area contributed by atoms with E-state index in [-0.39, 0.29) is 5.91 Å². The number of benzene rings is 1.